The maximum atomic E-state index is 13.2. The van der Waals surface area contributed by atoms with Crippen LogP contribution >= 0.6 is 39.1 Å². The number of hydrogen-bond acceptors (Lipinski definition) is 3. The minimum atomic E-state index is -0.669. The molecule has 1 fully saturated rings. The summed E-state index contributed by atoms with van der Waals surface area (Å²) in [5.41, 5.74) is 0.771. The maximum absolute atomic E-state index is 13.2. The third kappa shape index (κ3) is 6.87. The zero-order valence-electron chi connectivity index (χ0n) is 18.0. The number of carbonyl (C=O) groups is 2. The second-order valence-electron chi connectivity index (χ2n) is 8.00. The summed E-state index contributed by atoms with van der Waals surface area (Å²) < 4.78 is 6.37. The second kappa shape index (κ2) is 11.9. The molecule has 0 radical (unpaired) electrons. The summed E-state index contributed by atoms with van der Waals surface area (Å²) in [5, 5.41) is 4.22. The molecule has 0 bridgehead atoms. The molecule has 2 aromatic rings. The number of rotatable bonds is 8. The van der Waals surface area contributed by atoms with Gasteiger partial charge in [-0.05, 0) is 65.5 Å². The third-order valence-electron chi connectivity index (χ3n) is 5.66. The summed E-state index contributed by atoms with van der Waals surface area (Å²) in [6.45, 7) is 1.74. The van der Waals surface area contributed by atoms with Crippen LogP contribution in [0.3, 0.4) is 0 Å². The second-order valence-corrected chi connectivity index (χ2v) is 9.69. The van der Waals surface area contributed by atoms with E-state index in [4.69, 9.17) is 27.9 Å². The fourth-order valence-corrected chi connectivity index (χ4v) is 4.77. The number of hydrogen-bond donors (Lipinski definition) is 1. The van der Waals surface area contributed by atoms with Crippen molar-refractivity contribution in [2.45, 2.75) is 57.7 Å². The Balaban J connectivity index is 1.73. The fourth-order valence-electron chi connectivity index (χ4n) is 3.78. The number of nitrogens with zero attached hydrogens (tertiary/aromatic N) is 1. The zero-order chi connectivity index (χ0) is 23.1. The molecule has 3 rings (SSSR count). The summed E-state index contributed by atoms with van der Waals surface area (Å²) in [6.07, 6.45) is 5.39. The largest absolute Gasteiger partial charge is 0.483 e. The number of amides is 2. The van der Waals surface area contributed by atoms with Gasteiger partial charge in [0.2, 0.25) is 5.91 Å². The highest BCUT2D eigenvalue weighted by molar-refractivity contribution is 9.10. The molecule has 1 saturated carbocycles. The lowest BCUT2D eigenvalue weighted by atomic mass is 9.95. The Bertz CT molecular complexity index is 951. The molecule has 0 aromatic heterocycles. The van der Waals surface area contributed by atoms with E-state index in [1.807, 2.05) is 18.2 Å². The van der Waals surface area contributed by atoms with E-state index in [0.717, 1.165) is 31.2 Å². The van der Waals surface area contributed by atoms with Gasteiger partial charge in [0.1, 0.15) is 11.8 Å². The molecule has 0 unspecified atom stereocenters. The Morgan fingerprint density at radius 1 is 1.16 bits per heavy atom. The topological polar surface area (TPSA) is 58.6 Å². The van der Waals surface area contributed by atoms with E-state index in [1.54, 1.807) is 31.2 Å². The van der Waals surface area contributed by atoms with Gasteiger partial charge < -0.3 is 15.0 Å². The lowest BCUT2D eigenvalue weighted by molar-refractivity contribution is -0.142. The highest BCUT2D eigenvalue weighted by Crippen LogP contribution is 2.28. The van der Waals surface area contributed by atoms with Crippen LogP contribution in [0.1, 0.15) is 44.6 Å². The molecular formula is C24H27BrCl2N2O3. The van der Waals surface area contributed by atoms with Gasteiger partial charge >= 0.3 is 0 Å². The van der Waals surface area contributed by atoms with E-state index in [2.05, 4.69) is 21.2 Å². The average Bonchev–Trinajstić information content (AvgIpc) is 2.78. The standard InChI is InChI=1S/C24H27BrCl2N2O3/c1-16(24(31)28-19-8-3-2-4-9-19)29(14-17-7-5-6-10-21(17)27)23(30)15-32-22-12-11-18(26)13-20(22)25/h5-7,10-13,16,19H,2-4,8-9,14-15H2,1H3,(H,28,31)/t16-/m0/s1. The van der Waals surface area contributed by atoms with Crippen molar-refractivity contribution in [2.75, 3.05) is 6.61 Å². The number of carbonyl (C=O) groups excluding carboxylic acids is 2. The molecule has 32 heavy (non-hydrogen) atoms. The van der Waals surface area contributed by atoms with Crippen LogP contribution < -0.4 is 10.1 Å². The quantitative estimate of drug-likeness (QED) is 0.445. The maximum Gasteiger partial charge on any atom is 0.261 e. The van der Waals surface area contributed by atoms with E-state index in [9.17, 15) is 9.59 Å². The first-order valence-electron chi connectivity index (χ1n) is 10.8. The summed E-state index contributed by atoms with van der Waals surface area (Å²) in [6, 6.07) is 11.9. The van der Waals surface area contributed by atoms with E-state index >= 15 is 0 Å². The Labute approximate surface area is 207 Å². The summed E-state index contributed by atoms with van der Waals surface area (Å²) >= 11 is 15.7. The first kappa shape index (κ1) is 24.9. The van der Waals surface area contributed by atoms with Crippen molar-refractivity contribution >= 4 is 50.9 Å². The van der Waals surface area contributed by atoms with E-state index in [0.29, 0.717) is 20.3 Å². The Kier molecular flexibility index (Phi) is 9.26. The van der Waals surface area contributed by atoms with Crippen LogP contribution in [0.5, 0.6) is 5.75 Å². The Morgan fingerprint density at radius 3 is 2.56 bits per heavy atom. The van der Waals surface area contributed by atoms with Gasteiger partial charge in [-0.25, -0.2) is 0 Å². The summed E-state index contributed by atoms with van der Waals surface area (Å²) in [7, 11) is 0. The Hall–Kier alpha value is -1.76. The predicted octanol–water partition coefficient (Wildman–Crippen LogP) is 6.00. The lowest BCUT2D eigenvalue weighted by Crippen LogP contribution is -2.51. The van der Waals surface area contributed by atoms with Gasteiger partial charge in [0.15, 0.2) is 6.61 Å². The molecular weight excluding hydrogens is 515 g/mol. The number of ether oxygens (including phenoxy) is 1. The lowest BCUT2D eigenvalue weighted by Gasteiger charge is -2.31. The molecule has 8 heteroatoms. The summed E-state index contributed by atoms with van der Waals surface area (Å²) in [5.74, 6) is 0.0304. The number of halogens is 3. The van der Waals surface area contributed by atoms with Gasteiger partial charge in [0.25, 0.3) is 5.91 Å². The van der Waals surface area contributed by atoms with Crippen molar-refractivity contribution < 1.29 is 14.3 Å². The van der Waals surface area contributed by atoms with Crippen LogP contribution in [0, 0.1) is 0 Å². The van der Waals surface area contributed by atoms with Crippen molar-refractivity contribution in [3.05, 3.63) is 62.5 Å². The van der Waals surface area contributed by atoms with Gasteiger partial charge in [-0.15, -0.1) is 0 Å². The molecule has 0 saturated heterocycles. The van der Waals surface area contributed by atoms with Crippen LogP contribution in [0.4, 0.5) is 0 Å². The van der Waals surface area contributed by atoms with Gasteiger partial charge in [-0.3, -0.25) is 9.59 Å². The van der Waals surface area contributed by atoms with Crippen molar-refractivity contribution in [2.24, 2.45) is 0 Å². The Morgan fingerprint density at radius 2 is 1.88 bits per heavy atom. The first-order valence-corrected chi connectivity index (χ1v) is 12.3. The van der Waals surface area contributed by atoms with Gasteiger partial charge in [0, 0.05) is 22.6 Å². The van der Waals surface area contributed by atoms with Crippen molar-refractivity contribution in [3.63, 3.8) is 0 Å². The molecule has 0 spiro atoms. The van der Waals surface area contributed by atoms with E-state index in [-0.39, 0.29) is 31.0 Å². The average molecular weight is 542 g/mol. The van der Waals surface area contributed by atoms with Crippen LogP contribution in [-0.2, 0) is 16.1 Å². The highest BCUT2D eigenvalue weighted by Gasteiger charge is 2.29. The highest BCUT2D eigenvalue weighted by atomic mass is 79.9. The van der Waals surface area contributed by atoms with Crippen LogP contribution in [0.2, 0.25) is 10.0 Å². The van der Waals surface area contributed by atoms with Crippen molar-refractivity contribution in [1.29, 1.82) is 0 Å². The molecule has 2 amide bonds. The number of benzene rings is 2. The molecule has 0 heterocycles. The predicted molar refractivity (Wildman–Crippen MR) is 131 cm³/mol. The molecule has 5 nitrogen and oxygen atoms in total. The molecule has 0 aliphatic heterocycles. The fraction of sp³-hybridized carbons (Fsp3) is 0.417. The van der Waals surface area contributed by atoms with Crippen molar-refractivity contribution in [1.82, 2.24) is 10.2 Å². The van der Waals surface area contributed by atoms with E-state index in [1.165, 1.54) is 11.3 Å². The molecule has 1 atom stereocenters. The van der Waals surface area contributed by atoms with Crippen LogP contribution in [0.15, 0.2) is 46.9 Å². The number of nitrogens with one attached hydrogen (secondary N) is 1. The van der Waals surface area contributed by atoms with Gasteiger partial charge in [-0.2, -0.15) is 0 Å². The molecule has 1 aliphatic rings. The van der Waals surface area contributed by atoms with E-state index < -0.39 is 6.04 Å². The first-order chi connectivity index (χ1) is 15.3. The summed E-state index contributed by atoms with van der Waals surface area (Å²) in [4.78, 5) is 27.7. The normalized spacial score (nSPS) is 15.1. The van der Waals surface area contributed by atoms with Gasteiger partial charge in [-0.1, -0.05) is 60.7 Å². The smallest absolute Gasteiger partial charge is 0.261 e. The molecule has 2 aromatic carbocycles. The monoisotopic (exact) mass is 540 g/mol. The molecule has 172 valence electrons. The molecule has 1 N–H and O–H groups in total. The SMILES string of the molecule is C[C@@H](C(=O)NC1CCCCC1)N(Cc1ccccc1Cl)C(=O)COc1ccc(Cl)cc1Br. The minimum Gasteiger partial charge on any atom is -0.483 e. The molecule has 1 aliphatic carbocycles. The third-order valence-corrected chi connectivity index (χ3v) is 6.89. The van der Waals surface area contributed by atoms with Crippen LogP contribution in [0.25, 0.3) is 0 Å². The minimum absolute atomic E-state index is 0.162. The van der Waals surface area contributed by atoms with Gasteiger partial charge in [0.05, 0.1) is 4.47 Å². The van der Waals surface area contributed by atoms with Crippen molar-refractivity contribution in [3.8, 4) is 5.75 Å². The zero-order valence-corrected chi connectivity index (χ0v) is 21.0. The van der Waals surface area contributed by atoms with Crippen LogP contribution in [-0.4, -0.2) is 35.4 Å².